The molecule has 0 spiro atoms. The summed E-state index contributed by atoms with van der Waals surface area (Å²) in [7, 11) is 0. The lowest BCUT2D eigenvalue weighted by Gasteiger charge is -2.11. The summed E-state index contributed by atoms with van der Waals surface area (Å²) in [6, 6.07) is 16.6. The van der Waals surface area contributed by atoms with E-state index in [1.54, 1.807) is 30.5 Å². The van der Waals surface area contributed by atoms with Gasteiger partial charge in [0.2, 0.25) is 5.91 Å². The second-order valence-electron chi connectivity index (χ2n) is 5.91. The second-order valence-corrected chi connectivity index (χ2v) is 5.91. The fourth-order valence-corrected chi connectivity index (χ4v) is 2.64. The van der Waals surface area contributed by atoms with Crippen LogP contribution in [0, 0.1) is 0 Å². The molecular weight excluding hydrogens is 328 g/mol. The molecule has 0 aliphatic heterocycles. The molecule has 0 fully saturated rings. The van der Waals surface area contributed by atoms with E-state index in [4.69, 9.17) is 0 Å². The van der Waals surface area contributed by atoms with Gasteiger partial charge >= 0.3 is 0 Å². The van der Waals surface area contributed by atoms with E-state index in [9.17, 15) is 9.59 Å². The van der Waals surface area contributed by atoms with Gasteiger partial charge in [-0.15, -0.1) is 0 Å². The number of aromatic nitrogens is 2. The highest BCUT2D eigenvalue weighted by Crippen LogP contribution is 2.12. The number of hydrogen-bond donors (Lipinski definition) is 2. The Kier molecular flexibility index (Phi) is 5.43. The summed E-state index contributed by atoms with van der Waals surface area (Å²) in [6.45, 7) is 2.54. The Morgan fingerprint density at radius 2 is 1.73 bits per heavy atom. The van der Waals surface area contributed by atoms with Crippen LogP contribution in [0.4, 0.5) is 5.69 Å². The third-order valence-corrected chi connectivity index (χ3v) is 3.92. The highest BCUT2D eigenvalue weighted by molar-refractivity contribution is 5.95. The molecule has 3 rings (SSSR count). The minimum Gasteiger partial charge on any atom is -0.348 e. The molecule has 6 nitrogen and oxygen atoms in total. The minimum atomic E-state index is -0.159. The van der Waals surface area contributed by atoms with Crippen molar-refractivity contribution in [3.8, 4) is 0 Å². The topological polar surface area (TPSA) is 76.0 Å². The molecule has 3 aromatic rings. The number of hydrogen-bond acceptors (Lipinski definition) is 3. The third-order valence-electron chi connectivity index (χ3n) is 3.92. The number of anilines is 1. The molecule has 0 aliphatic rings. The smallest absolute Gasteiger partial charge is 0.251 e. The van der Waals surface area contributed by atoms with Crippen molar-refractivity contribution in [2.45, 2.75) is 20.0 Å². The lowest BCUT2D eigenvalue weighted by molar-refractivity contribution is -0.114. The van der Waals surface area contributed by atoms with E-state index < -0.39 is 0 Å². The van der Waals surface area contributed by atoms with Crippen LogP contribution in [0.5, 0.6) is 0 Å². The van der Waals surface area contributed by atoms with E-state index in [1.807, 2.05) is 41.2 Å². The Hall–Kier alpha value is -3.41. The van der Waals surface area contributed by atoms with Crippen molar-refractivity contribution in [2.24, 2.45) is 0 Å². The van der Waals surface area contributed by atoms with Crippen molar-refractivity contribution in [3.63, 3.8) is 0 Å². The lowest BCUT2D eigenvalue weighted by Crippen LogP contribution is -2.23. The van der Waals surface area contributed by atoms with Gasteiger partial charge in [0.05, 0.1) is 6.54 Å². The third kappa shape index (κ3) is 4.57. The maximum absolute atomic E-state index is 12.4. The molecule has 2 N–H and O–H groups in total. The average Bonchev–Trinajstić information content (AvgIpc) is 3.14. The highest BCUT2D eigenvalue weighted by atomic mass is 16.2. The molecule has 0 saturated heterocycles. The molecule has 1 heterocycles. The number of benzene rings is 2. The fourth-order valence-electron chi connectivity index (χ4n) is 2.64. The molecule has 0 saturated carbocycles. The van der Waals surface area contributed by atoms with Crippen molar-refractivity contribution >= 4 is 17.5 Å². The van der Waals surface area contributed by atoms with Gasteiger partial charge in [-0.2, -0.15) is 5.10 Å². The molecule has 0 radical (unpaired) electrons. The summed E-state index contributed by atoms with van der Waals surface area (Å²) in [6.07, 6.45) is 3.65. The maximum Gasteiger partial charge on any atom is 0.251 e. The van der Waals surface area contributed by atoms with Crippen molar-refractivity contribution in [3.05, 3.63) is 83.7 Å². The maximum atomic E-state index is 12.4. The molecule has 2 amide bonds. The number of carbonyl (C=O) groups excluding carboxylic acids is 2. The number of carbonyl (C=O) groups is 2. The lowest BCUT2D eigenvalue weighted by atomic mass is 10.1. The van der Waals surface area contributed by atoms with Gasteiger partial charge in [-0.25, -0.2) is 0 Å². The summed E-state index contributed by atoms with van der Waals surface area (Å²) in [5.74, 6) is -0.302. The molecule has 0 atom stereocenters. The van der Waals surface area contributed by atoms with Gasteiger partial charge in [-0.3, -0.25) is 14.3 Å². The number of nitrogens with one attached hydrogen (secondary N) is 2. The Morgan fingerprint density at radius 1 is 1.00 bits per heavy atom. The quantitative estimate of drug-likeness (QED) is 0.719. The van der Waals surface area contributed by atoms with Crippen LogP contribution in [0.2, 0.25) is 0 Å². The van der Waals surface area contributed by atoms with Crippen LogP contribution in [-0.2, 0) is 17.9 Å². The summed E-state index contributed by atoms with van der Waals surface area (Å²) in [5, 5.41) is 9.84. The summed E-state index contributed by atoms with van der Waals surface area (Å²) >= 11 is 0. The first-order valence-electron chi connectivity index (χ1n) is 8.32. The largest absolute Gasteiger partial charge is 0.348 e. The molecule has 1 aromatic heterocycles. The summed E-state index contributed by atoms with van der Waals surface area (Å²) < 4.78 is 1.85. The van der Waals surface area contributed by atoms with E-state index in [0.717, 1.165) is 11.1 Å². The first kappa shape index (κ1) is 17.4. The van der Waals surface area contributed by atoms with Crippen molar-refractivity contribution in [1.82, 2.24) is 15.1 Å². The summed E-state index contributed by atoms with van der Waals surface area (Å²) in [4.78, 5) is 23.4. The Morgan fingerprint density at radius 3 is 2.38 bits per heavy atom. The second kappa shape index (κ2) is 8.11. The van der Waals surface area contributed by atoms with Gasteiger partial charge in [-0.1, -0.05) is 24.3 Å². The van der Waals surface area contributed by atoms with Crippen LogP contribution in [0.15, 0.2) is 67.0 Å². The zero-order valence-electron chi connectivity index (χ0n) is 14.5. The van der Waals surface area contributed by atoms with Crippen LogP contribution in [0.3, 0.4) is 0 Å². The molecule has 2 aromatic carbocycles. The Bertz CT molecular complexity index is 886. The SMILES string of the molecule is CC(=O)Nc1ccc(C(=O)NCc2ccccc2Cn2cccn2)cc1. The minimum absolute atomic E-state index is 0.143. The van der Waals surface area contributed by atoms with Crippen molar-refractivity contribution < 1.29 is 9.59 Å². The highest BCUT2D eigenvalue weighted by Gasteiger charge is 2.08. The van der Waals surface area contributed by atoms with Crippen molar-refractivity contribution in [1.29, 1.82) is 0 Å². The summed E-state index contributed by atoms with van der Waals surface area (Å²) in [5.41, 5.74) is 3.37. The molecule has 0 unspecified atom stereocenters. The fraction of sp³-hybridized carbons (Fsp3) is 0.150. The first-order valence-corrected chi connectivity index (χ1v) is 8.32. The van der Waals surface area contributed by atoms with Gasteiger partial charge < -0.3 is 10.6 Å². The standard InChI is InChI=1S/C20H20N4O2/c1-15(25)23-19-9-7-16(8-10-19)20(26)21-13-17-5-2-3-6-18(17)14-24-12-4-11-22-24/h2-12H,13-14H2,1H3,(H,21,26)(H,23,25). The predicted octanol–water partition coefficient (Wildman–Crippen LogP) is 2.82. The Labute approximate surface area is 151 Å². The number of amides is 2. The molecule has 132 valence electrons. The van der Waals surface area contributed by atoms with Gasteiger partial charge in [-0.05, 0) is 41.5 Å². The normalized spacial score (nSPS) is 10.3. The van der Waals surface area contributed by atoms with E-state index in [1.165, 1.54) is 6.92 Å². The van der Waals surface area contributed by atoms with Gasteiger partial charge in [0.15, 0.2) is 0 Å². The Balaban J connectivity index is 1.63. The molecule has 26 heavy (non-hydrogen) atoms. The molecule has 0 bridgehead atoms. The average molecular weight is 348 g/mol. The monoisotopic (exact) mass is 348 g/mol. The van der Waals surface area contributed by atoms with Crippen molar-refractivity contribution in [2.75, 3.05) is 5.32 Å². The van der Waals surface area contributed by atoms with E-state index >= 15 is 0 Å². The molecule has 6 heteroatoms. The van der Waals surface area contributed by atoms with E-state index in [-0.39, 0.29) is 11.8 Å². The number of rotatable bonds is 6. The van der Waals surface area contributed by atoms with Gasteiger partial charge in [0.1, 0.15) is 0 Å². The molecule has 0 aliphatic carbocycles. The van der Waals surface area contributed by atoms with Gasteiger partial charge in [0.25, 0.3) is 5.91 Å². The zero-order chi connectivity index (χ0) is 18.4. The number of nitrogens with zero attached hydrogens (tertiary/aromatic N) is 2. The van der Waals surface area contributed by atoms with E-state index in [0.29, 0.717) is 24.3 Å². The first-order chi connectivity index (χ1) is 12.6. The van der Waals surface area contributed by atoms with Gasteiger partial charge in [0, 0.05) is 37.1 Å². The predicted molar refractivity (Wildman–Crippen MR) is 99.7 cm³/mol. The van der Waals surface area contributed by atoms with Crippen LogP contribution in [-0.4, -0.2) is 21.6 Å². The van der Waals surface area contributed by atoms with Crippen LogP contribution in [0.1, 0.15) is 28.4 Å². The zero-order valence-corrected chi connectivity index (χ0v) is 14.5. The van der Waals surface area contributed by atoms with Crippen LogP contribution in [0.25, 0.3) is 0 Å². The van der Waals surface area contributed by atoms with E-state index in [2.05, 4.69) is 15.7 Å². The molecular formula is C20H20N4O2. The van der Waals surface area contributed by atoms with Crippen LogP contribution >= 0.6 is 0 Å². The van der Waals surface area contributed by atoms with Crippen LogP contribution < -0.4 is 10.6 Å².